The molecule has 0 spiro atoms. The largest absolute Gasteiger partial charge is 0.308 e. The van der Waals surface area contributed by atoms with Gasteiger partial charge in [-0.3, -0.25) is 9.59 Å². The van der Waals surface area contributed by atoms with Gasteiger partial charge in [0.25, 0.3) is 0 Å². The third kappa shape index (κ3) is 2.41. The molecule has 0 aromatic heterocycles. The Bertz CT molecular complexity index is 490. The average molecular weight is 267 g/mol. The number of hydrogen-bond acceptors (Lipinski definition) is 3. The normalized spacial score (nSPS) is 14.6. The molecular formula is C13H14FNO2S. The minimum absolute atomic E-state index is 0.0287. The number of rotatable bonds is 4. The average Bonchev–Trinajstić information content (AvgIpc) is 2.40. The number of hydrogen-bond donors (Lipinski definition) is 0. The highest BCUT2D eigenvalue weighted by Crippen LogP contribution is 2.36. The smallest absolute Gasteiger partial charge is 0.237 e. The van der Waals surface area contributed by atoms with Gasteiger partial charge in [-0.05, 0) is 12.1 Å². The molecule has 0 unspecified atom stereocenters. The van der Waals surface area contributed by atoms with E-state index in [2.05, 4.69) is 0 Å². The van der Waals surface area contributed by atoms with Crippen LogP contribution < -0.4 is 4.90 Å². The van der Waals surface area contributed by atoms with E-state index in [9.17, 15) is 14.0 Å². The lowest BCUT2D eigenvalue weighted by atomic mass is 10.1. The molecular weight excluding hydrogens is 253 g/mol. The van der Waals surface area contributed by atoms with Crippen LogP contribution in [0.2, 0.25) is 0 Å². The molecule has 18 heavy (non-hydrogen) atoms. The van der Waals surface area contributed by atoms with Crippen molar-refractivity contribution < 1.29 is 14.0 Å². The molecule has 1 aromatic rings. The molecule has 1 aromatic carbocycles. The van der Waals surface area contributed by atoms with E-state index in [1.165, 1.54) is 16.7 Å². The summed E-state index contributed by atoms with van der Waals surface area (Å²) in [6, 6.07) is 5.29. The summed E-state index contributed by atoms with van der Waals surface area (Å²) in [7, 11) is 0. The molecule has 1 aliphatic heterocycles. The number of alkyl halides is 1. The van der Waals surface area contributed by atoms with Crippen molar-refractivity contribution in [2.45, 2.75) is 18.2 Å². The fourth-order valence-electron chi connectivity index (χ4n) is 1.91. The lowest BCUT2D eigenvalue weighted by Crippen LogP contribution is -2.37. The lowest BCUT2D eigenvalue weighted by Gasteiger charge is -2.28. The van der Waals surface area contributed by atoms with Crippen LogP contribution in [0.3, 0.4) is 0 Å². The molecule has 5 heteroatoms. The second-order valence-electron chi connectivity index (χ2n) is 3.98. The molecule has 1 amide bonds. The molecule has 0 bridgehead atoms. The van der Waals surface area contributed by atoms with Gasteiger partial charge in [-0.1, -0.05) is 13.0 Å². The van der Waals surface area contributed by atoms with Crippen molar-refractivity contribution >= 4 is 29.1 Å². The zero-order valence-electron chi connectivity index (χ0n) is 10.1. The summed E-state index contributed by atoms with van der Waals surface area (Å²) in [6.45, 7) is 1.26. The maximum atomic E-state index is 12.5. The van der Waals surface area contributed by atoms with Crippen LogP contribution in [0, 0.1) is 0 Å². The number of thioether (sulfide) groups is 1. The van der Waals surface area contributed by atoms with Crippen LogP contribution in [0.15, 0.2) is 23.1 Å². The van der Waals surface area contributed by atoms with E-state index in [-0.39, 0.29) is 18.2 Å². The first-order chi connectivity index (χ1) is 8.67. The summed E-state index contributed by atoms with van der Waals surface area (Å²) in [5.41, 5.74) is 1.24. The van der Waals surface area contributed by atoms with Gasteiger partial charge in [-0.15, -0.1) is 11.8 Å². The number of carbonyl (C=O) groups is 2. The van der Waals surface area contributed by atoms with Gasteiger partial charge in [0.05, 0.1) is 18.0 Å². The van der Waals surface area contributed by atoms with Gasteiger partial charge < -0.3 is 4.90 Å². The van der Waals surface area contributed by atoms with Crippen molar-refractivity contribution in [3.63, 3.8) is 0 Å². The molecule has 0 fully saturated rings. The highest BCUT2D eigenvalue weighted by molar-refractivity contribution is 8.00. The van der Waals surface area contributed by atoms with Crippen LogP contribution in [0.25, 0.3) is 0 Å². The SMILES string of the molecule is CCC(=O)c1ccc2c(c1)N(CCF)C(=O)CS2. The minimum atomic E-state index is -0.582. The molecule has 0 atom stereocenters. The van der Waals surface area contributed by atoms with Crippen molar-refractivity contribution in [2.24, 2.45) is 0 Å². The number of carbonyl (C=O) groups excluding carboxylic acids is 2. The molecule has 96 valence electrons. The predicted molar refractivity (Wildman–Crippen MR) is 70.1 cm³/mol. The van der Waals surface area contributed by atoms with E-state index in [0.717, 1.165) is 4.90 Å². The van der Waals surface area contributed by atoms with Crippen LogP contribution in [0.5, 0.6) is 0 Å². The highest BCUT2D eigenvalue weighted by atomic mass is 32.2. The third-order valence-electron chi connectivity index (χ3n) is 2.85. The van der Waals surface area contributed by atoms with E-state index in [1.54, 1.807) is 19.1 Å². The van der Waals surface area contributed by atoms with E-state index in [4.69, 9.17) is 0 Å². The summed E-state index contributed by atoms with van der Waals surface area (Å²) < 4.78 is 12.5. The number of nitrogens with zero attached hydrogens (tertiary/aromatic N) is 1. The number of Topliss-reactive ketones (excluding diaryl/α,β-unsaturated/α-hetero) is 1. The Balaban J connectivity index is 2.41. The van der Waals surface area contributed by atoms with Crippen molar-refractivity contribution in [1.29, 1.82) is 0 Å². The minimum Gasteiger partial charge on any atom is -0.308 e. The Morgan fingerprint density at radius 1 is 1.50 bits per heavy atom. The van der Waals surface area contributed by atoms with Gasteiger partial charge in [0, 0.05) is 16.9 Å². The van der Waals surface area contributed by atoms with Crippen molar-refractivity contribution in [1.82, 2.24) is 0 Å². The van der Waals surface area contributed by atoms with Crippen molar-refractivity contribution in [3.8, 4) is 0 Å². The van der Waals surface area contributed by atoms with Crippen molar-refractivity contribution in [2.75, 3.05) is 23.9 Å². The fourth-order valence-corrected chi connectivity index (χ4v) is 2.83. The van der Waals surface area contributed by atoms with Gasteiger partial charge in [0.15, 0.2) is 5.78 Å². The van der Waals surface area contributed by atoms with Gasteiger partial charge >= 0.3 is 0 Å². The fraction of sp³-hybridized carbons (Fsp3) is 0.385. The predicted octanol–water partition coefficient (Wildman–Crippen LogP) is 2.69. The molecule has 0 N–H and O–H groups in total. The summed E-state index contributed by atoms with van der Waals surface area (Å²) >= 11 is 1.43. The summed E-state index contributed by atoms with van der Waals surface area (Å²) in [6.07, 6.45) is 0.420. The van der Waals surface area contributed by atoms with Crippen LogP contribution in [-0.2, 0) is 4.79 Å². The molecule has 1 aliphatic rings. The Kier molecular flexibility index (Phi) is 4.01. The van der Waals surface area contributed by atoms with Gasteiger partial charge in [-0.25, -0.2) is 4.39 Å². The van der Waals surface area contributed by atoms with Crippen LogP contribution in [0.4, 0.5) is 10.1 Å². The Morgan fingerprint density at radius 2 is 2.28 bits per heavy atom. The number of ketones is 1. The maximum Gasteiger partial charge on any atom is 0.237 e. The molecule has 2 rings (SSSR count). The molecule has 0 radical (unpaired) electrons. The van der Waals surface area contributed by atoms with Crippen LogP contribution >= 0.6 is 11.8 Å². The number of fused-ring (bicyclic) bond motifs is 1. The Hall–Kier alpha value is -1.36. The lowest BCUT2D eigenvalue weighted by molar-refractivity contribution is -0.116. The molecule has 0 saturated heterocycles. The van der Waals surface area contributed by atoms with Gasteiger partial charge in [0.2, 0.25) is 5.91 Å². The zero-order valence-corrected chi connectivity index (χ0v) is 10.9. The second-order valence-corrected chi connectivity index (χ2v) is 5.00. The Labute approximate surface area is 109 Å². The first kappa shape index (κ1) is 13.1. The highest BCUT2D eigenvalue weighted by Gasteiger charge is 2.25. The quantitative estimate of drug-likeness (QED) is 0.787. The summed E-state index contributed by atoms with van der Waals surface area (Å²) in [5, 5.41) is 0. The van der Waals surface area contributed by atoms with E-state index in [1.807, 2.05) is 6.07 Å². The number of anilines is 1. The van der Waals surface area contributed by atoms with Crippen molar-refractivity contribution in [3.05, 3.63) is 23.8 Å². The number of amides is 1. The van der Waals surface area contributed by atoms with E-state index < -0.39 is 6.67 Å². The van der Waals surface area contributed by atoms with E-state index in [0.29, 0.717) is 23.4 Å². The van der Waals surface area contributed by atoms with Crippen LogP contribution in [0.1, 0.15) is 23.7 Å². The molecule has 0 saturated carbocycles. The molecule has 1 heterocycles. The summed E-state index contributed by atoms with van der Waals surface area (Å²) in [4.78, 5) is 25.8. The first-order valence-electron chi connectivity index (χ1n) is 5.83. The maximum absolute atomic E-state index is 12.5. The van der Waals surface area contributed by atoms with Gasteiger partial charge in [0.1, 0.15) is 6.67 Å². The standard InChI is InChI=1S/C13H14FNO2S/c1-2-11(16)9-3-4-12-10(7-9)15(6-5-14)13(17)8-18-12/h3-4,7H,2,5-6,8H2,1H3. The summed E-state index contributed by atoms with van der Waals surface area (Å²) in [5.74, 6) is 0.251. The third-order valence-corrected chi connectivity index (χ3v) is 3.90. The van der Waals surface area contributed by atoms with Crippen LogP contribution in [-0.4, -0.2) is 30.7 Å². The number of halogens is 1. The number of benzene rings is 1. The topological polar surface area (TPSA) is 37.4 Å². The molecule has 3 nitrogen and oxygen atoms in total. The van der Waals surface area contributed by atoms with E-state index >= 15 is 0 Å². The second kappa shape index (κ2) is 5.52. The zero-order chi connectivity index (χ0) is 13.1. The first-order valence-corrected chi connectivity index (χ1v) is 6.82. The Morgan fingerprint density at radius 3 is 2.94 bits per heavy atom. The monoisotopic (exact) mass is 267 g/mol. The molecule has 0 aliphatic carbocycles. The van der Waals surface area contributed by atoms with Gasteiger partial charge in [-0.2, -0.15) is 0 Å².